The molecule has 15 heavy (non-hydrogen) atoms. The Hall–Kier alpha value is -0.750. The highest BCUT2D eigenvalue weighted by atomic mass is 79.9. The number of carbonyl (C=O) groups excluding carboxylic acids is 1. The summed E-state index contributed by atoms with van der Waals surface area (Å²) in [6.07, 6.45) is -0.416. The Labute approximate surface area is 103 Å². The summed E-state index contributed by atoms with van der Waals surface area (Å²) in [4.78, 5) is 10.9. The van der Waals surface area contributed by atoms with Gasteiger partial charge in [-0.15, -0.1) is 0 Å². The van der Waals surface area contributed by atoms with Crippen molar-refractivity contribution in [2.45, 2.75) is 6.04 Å². The van der Waals surface area contributed by atoms with Crippen LogP contribution < -0.4 is 5.32 Å². The molecule has 0 saturated carbocycles. The van der Waals surface area contributed by atoms with E-state index in [1.165, 1.54) is 0 Å². The molecule has 4 nitrogen and oxygen atoms in total. The van der Waals surface area contributed by atoms with Crippen LogP contribution in [-0.2, 0) is 4.74 Å². The first-order valence-corrected chi connectivity index (χ1v) is 5.77. The minimum atomic E-state index is -0.416. The molecule has 1 heterocycles. The minimum absolute atomic E-state index is 0.143. The smallest absolute Gasteiger partial charge is 0.407 e. The maximum absolute atomic E-state index is 10.9. The molecule has 1 saturated heterocycles. The summed E-state index contributed by atoms with van der Waals surface area (Å²) in [6, 6.07) is 3.34. The van der Waals surface area contributed by atoms with E-state index in [1.807, 2.05) is 0 Å². The monoisotopic (exact) mass is 335 g/mol. The number of phenolic OH excluding ortho intramolecular Hbond substituents is 1. The Bertz CT molecular complexity index is 399. The fourth-order valence-electron chi connectivity index (χ4n) is 1.35. The molecule has 80 valence electrons. The second-order valence-electron chi connectivity index (χ2n) is 3.13. The van der Waals surface area contributed by atoms with Crippen molar-refractivity contribution in [1.29, 1.82) is 0 Å². The number of hydrogen-bond donors (Lipinski definition) is 2. The van der Waals surface area contributed by atoms with E-state index < -0.39 is 6.09 Å². The third-order valence-electron chi connectivity index (χ3n) is 2.11. The summed E-state index contributed by atoms with van der Waals surface area (Å²) in [5.74, 6) is 0.143. The number of alkyl carbamates (subject to hydrolysis) is 1. The standard InChI is InChI=1S/C9H7Br2NO3/c10-5-1-4(2-6(11)8(5)13)7-3-15-9(14)12-7/h1-2,7,13H,3H2,(H,12,14)/t7-/m1/s1. The summed E-state index contributed by atoms with van der Waals surface area (Å²) in [5.41, 5.74) is 0.873. The summed E-state index contributed by atoms with van der Waals surface area (Å²) in [6.45, 7) is 0.308. The molecule has 0 radical (unpaired) electrons. The summed E-state index contributed by atoms with van der Waals surface area (Å²) in [5, 5.41) is 12.2. The SMILES string of the molecule is O=C1N[C@@H](c2cc(Br)c(O)c(Br)c2)CO1. The zero-order valence-corrected chi connectivity index (χ0v) is 10.6. The predicted octanol–water partition coefficient (Wildman–Crippen LogP) is 2.70. The van der Waals surface area contributed by atoms with Gasteiger partial charge in [0, 0.05) is 0 Å². The van der Waals surface area contributed by atoms with Gasteiger partial charge in [-0.3, -0.25) is 0 Å². The van der Waals surface area contributed by atoms with Gasteiger partial charge in [0.25, 0.3) is 0 Å². The van der Waals surface area contributed by atoms with E-state index in [9.17, 15) is 9.90 Å². The number of carbonyl (C=O) groups is 1. The second-order valence-corrected chi connectivity index (χ2v) is 4.84. The lowest BCUT2D eigenvalue weighted by Gasteiger charge is -2.10. The van der Waals surface area contributed by atoms with Crippen molar-refractivity contribution in [3.63, 3.8) is 0 Å². The van der Waals surface area contributed by atoms with E-state index in [0.717, 1.165) is 5.56 Å². The Morgan fingerprint density at radius 1 is 1.40 bits per heavy atom. The fourth-order valence-corrected chi connectivity index (χ4v) is 2.57. The van der Waals surface area contributed by atoms with Crippen LogP contribution in [0.25, 0.3) is 0 Å². The first-order chi connectivity index (χ1) is 7.08. The second kappa shape index (κ2) is 4.02. The van der Waals surface area contributed by atoms with Gasteiger partial charge >= 0.3 is 6.09 Å². The van der Waals surface area contributed by atoms with Crippen LogP contribution in [0.3, 0.4) is 0 Å². The van der Waals surface area contributed by atoms with Crippen molar-refractivity contribution < 1.29 is 14.6 Å². The summed E-state index contributed by atoms with van der Waals surface area (Å²) in [7, 11) is 0. The van der Waals surface area contributed by atoms with Gasteiger partial charge in [-0.05, 0) is 49.6 Å². The van der Waals surface area contributed by atoms with Gasteiger partial charge < -0.3 is 15.2 Å². The van der Waals surface area contributed by atoms with Gasteiger partial charge in [0.2, 0.25) is 0 Å². The van der Waals surface area contributed by atoms with Gasteiger partial charge in [-0.25, -0.2) is 4.79 Å². The predicted molar refractivity (Wildman–Crippen MR) is 60.7 cm³/mol. The lowest BCUT2D eigenvalue weighted by atomic mass is 10.1. The first kappa shape index (κ1) is 10.8. The van der Waals surface area contributed by atoms with Crippen molar-refractivity contribution in [2.24, 2.45) is 0 Å². The topological polar surface area (TPSA) is 58.6 Å². The van der Waals surface area contributed by atoms with Crippen molar-refractivity contribution in [1.82, 2.24) is 5.32 Å². The highest BCUT2D eigenvalue weighted by Crippen LogP contribution is 2.35. The molecule has 0 aliphatic carbocycles. The quantitative estimate of drug-likeness (QED) is 0.829. The number of nitrogens with one attached hydrogen (secondary N) is 1. The van der Waals surface area contributed by atoms with E-state index in [1.54, 1.807) is 12.1 Å². The molecule has 1 aliphatic rings. The number of aromatic hydroxyl groups is 1. The number of benzene rings is 1. The van der Waals surface area contributed by atoms with E-state index in [4.69, 9.17) is 4.74 Å². The molecule has 6 heteroatoms. The summed E-state index contributed by atoms with van der Waals surface area (Å²) < 4.78 is 5.94. The number of phenols is 1. The normalized spacial score (nSPS) is 19.9. The molecular formula is C9H7Br2NO3. The third kappa shape index (κ3) is 2.10. The number of amides is 1. The number of rotatable bonds is 1. The molecule has 1 aromatic rings. The molecule has 2 rings (SSSR count). The molecule has 0 spiro atoms. The molecule has 1 fully saturated rings. The molecule has 0 unspecified atom stereocenters. The van der Waals surface area contributed by atoms with Crippen molar-refractivity contribution >= 4 is 38.0 Å². The van der Waals surface area contributed by atoms with Crippen LogP contribution in [0.4, 0.5) is 4.79 Å². The van der Waals surface area contributed by atoms with Gasteiger partial charge in [0.1, 0.15) is 12.4 Å². The Balaban J connectivity index is 2.33. The Kier molecular flexibility index (Phi) is 2.88. The van der Waals surface area contributed by atoms with Crippen LogP contribution in [0.2, 0.25) is 0 Å². The highest BCUT2D eigenvalue weighted by molar-refractivity contribution is 9.11. The van der Waals surface area contributed by atoms with Crippen LogP contribution in [-0.4, -0.2) is 17.8 Å². The van der Waals surface area contributed by atoms with Gasteiger partial charge in [-0.2, -0.15) is 0 Å². The van der Waals surface area contributed by atoms with Crippen LogP contribution in [0.15, 0.2) is 21.1 Å². The maximum atomic E-state index is 10.9. The largest absolute Gasteiger partial charge is 0.506 e. The lowest BCUT2D eigenvalue weighted by molar-refractivity contribution is 0.177. The first-order valence-electron chi connectivity index (χ1n) is 4.19. The minimum Gasteiger partial charge on any atom is -0.506 e. The number of cyclic esters (lactones) is 1. The zero-order valence-electron chi connectivity index (χ0n) is 7.46. The Morgan fingerprint density at radius 2 is 2.00 bits per heavy atom. The van der Waals surface area contributed by atoms with Crippen LogP contribution in [0, 0.1) is 0 Å². The van der Waals surface area contributed by atoms with E-state index in [0.29, 0.717) is 15.6 Å². The molecule has 1 aromatic carbocycles. The highest BCUT2D eigenvalue weighted by Gasteiger charge is 2.24. The van der Waals surface area contributed by atoms with E-state index in [2.05, 4.69) is 37.2 Å². The lowest BCUT2D eigenvalue weighted by Crippen LogP contribution is -2.18. The fraction of sp³-hybridized carbons (Fsp3) is 0.222. The average molecular weight is 337 g/mol. The zero-order chi connectivity index (χ0) is 11.0. The number of halogens is 2. The van der Waals surface area contributed by atoms with Gasteiger partial charge in [0.15, 0.2) is 0 Å². The number of hydrogen-bond acceptors (Lipinski definition) is 3. The van der Waals surface area contributed by atoms with E-state index in [-0.39, 0.29) is 11.8 Å². The molecule has 1 atom stereocenters. The molecule has 0 aromatic heterocycles. The van der Waals surface area contributed by atoms with Crippen molar-refractivity contribution in [3.8, 4) is 5.75 Å². The third-order valence-corrected chi connectivity index (χ3v) is 3.32. The van der Waals surface area contributed by atoms with Gasteiger partial charge in [0.05, 0.1) is 15.0 Å². The maximum Gasteiger partial charge on any atom is 0.407 e. The van der Waals surface area contributed by atoms with Crippen LogP contribution in [0.1, 0.15) is 11.6 Å². The van der Waals surface area contributed by atoms with Crippen molar-refractivity contribution in [3.05, 3.63) is 26.6 Å². The molecule has 2 N–H and O–H groups in total. The van der Waals surface area contributed by atoms with E-state index >= 15 is 0 Å². The van der Waals surface area contributed by atoms with Gasteiger partial charge in [-0.1, -0.05) is 0 Å². The summed E-state index contributed by atoms with van der Waals surface area (Å²) >= 11 is 6.45. The molecular weight excluding hydrogens is 330 g/mol. The molecule has 0 bridgehead atoms. The van der Waals surface area contributed by atoms with Crippen LogP contribution in [0.5, 0.6) is 5.75 Å². The molecule has 1 amide bonds. The Morgan fingerprint density at radius 3 is 2.47 bits per heavy atom. The van der Waals surface area contributed by atoms with Crippen molar-refractivity contribution in [2.75, 3.05) is 6.61 Å². The number of ether oxygens (including phenoxy) is 1. The molecule has 1 aliphatic heterocycles. The average Bonchev–Trinajstić information content (AvgIpc) is 2.60. The van der Waals surface area contributed by atoms with Crippen LogP contribution >= 0.6 is 31.9 Å².